The molecular formula is C14H30N2O2. The molecule has 0 aliphatic heterocycles. The molecule has 1 aliphatic carbocycles. The van der Waals surface area contributed by atoms with Crippen molar-refractivity contribution >= 4 is 0 Å². The molecule has 1 saturated carbocycles. The molecule has 1 aliphatic rings. The fourth-order valence-electron chi connectivity index (χ4n) is 3.22. The predicted molar refractivity (Wildman–Crippen MR) is 74.8 cm³/mol. The van der Waals surface area contributed by atoms with Gasteiger partial charge in [0.25, 0.3) is 0 Å². The van der Waals surface area contributed by atoms with Crippen LogP contribution in [0.5, 0.6) is 0 Å². The first kappa shape index (κ1) is 15.9. The molecule has 4 nitrogen and oxygen atoms in total. The molecule has 0 radical (unpaired) electrons. The zero-order chi connectivity index (χ0) is 13.6. The first-order valence-corrected chi connectivity index (χ1v) is 7.05. The highest BCUT2D eigenvalue weighted by molar-refractivity contribution is 4.96. The van der Waals surface area contributed by atoms with Crippen molar-refractivity contribution in [2.24, 2.45) is 11.3 Å². The third-order valence-corrected chi connectivity index (χ3v) is 4.18. The largest absolute Gasteiger partial charge is 0.394 e. The minimum absolute atomic E-state index is 0.113. The van der Waals surface area contributed by atoms with Gasteiger partial charge >= 0.3 is 0 Å². The van der Waals surface area contributed by atoms with Crippen molar-refractivity contribution in [1.82, 2.24) is 10.2 Å². The Balaban J connectivity index is 2.29. The fourth-order valence-corrected chi connectivity index (χ4v) is 3.22. The van der Waals surface area contributed by atoms with Crippen molar-refractivity contribution in [1.29, 1.82) is 0 Å². The van der Waals surface area contributed by atoms with Gasteiger partial charge in [0.1, 0.15) is 0 Å². The highest BCUT2D eigenvalue weighted by Crippen LogP contribution is 2.41. The third-order valence-electron chi connectivity index (χ3n) is 4.18. The van der Waals surface area contributed by atoms with Gasteiger partial charge in [-0.25, -0.2) is 0 Å². The number of hydrogen-bond acceptors (Lipinski definition) is 4. The number of nitrogens with zero attached hydrogens (tertiary/aromatic N) is 1. The summed E-state index contributed by atoms with van der Waals surface area (Å²) in [7, 11) is 4.23. The Morgan fingerprint density at radius 1 is 1.39 bits per heavy atom. The van der Waals surface area contributed by atoms with Crippen LogP contribution in [0, 0.1) is 11.3 Å². The second-order valence-electron chi connectivity index (χ2n) is 6.15. The van der Waals surface area contributed by atoms with Crippen molar-refractivity contribution in [3.63, 3.8) is 0 Å². The van der Waals surface area contributed by atoms with Gasteiger partial charge in [-0.05, 0) is 38.3 Å². The Bertz CT molecular complexity index is 234. The van der Waals surface area contributed by atoms with Crippen molar-refractivity contribution in [2.45, 2.75) is 32.7 Å². The Labute approximate surface area is 112 Å². The van der Waals surface area contributed by atoms with Crippen LogP contribution in [-0.4, -0.2) is 63.1 Å². The van der Waals surface area contributed by atoms with Crippen LogP contribution in [-0.2, 0) is 4.74 Å². The second-order valence-corrected chi connectivity index (χ2v) is 6.15. The highest BCUT2D eigenvalue weighted by atomic mass is 16.5. The van der Waals surface area contributed by atoms with E-state index >= 15 is 0 Å². The zero-order valence-electron chi connectivity index (χ0n) is 12.4. The molecule has 0 heterocycles. The summed E-state index contributed by atoms with van der Waals surface area (Å²) in [5.74, 6) is 0.729. The third kappa shape index (κ3) is 4.50. The van der Waals surface area contributed by atoms with E-state index in [1.807, 2.05) is 0 Å². The number of aliphatic hydroxyl groups is 1. The average Bonchev–Trinajstić information content (AvgIpc) is 2.59. The summed E-state index contributed by atoms with van der Waals surface area (Å²) in [6.07, 6.45) is 2.61. The number of aliphatic hydroxyl groups excluding tert-OH is 1. The normalized spacial score (nSPS) is 27.0. The number of likely N-dealkylation sites (N-methyl/N-ethyl adjacent to an activating group) is 1. The Kier molecular flexibility index (Phi) is 6.57. The Morgan fingerprint density at radius 3 is 2.72 bits per heavy atom. The van der Waals surface area contributed by atoms with Crippen LogP contribution < -0.4 is 5.32 Å². The summed E-state index contributed by atoms with van der Waals surface area (Å²) in [5.41, 5.74) is 0.410. The lowest BCUT2D eigenvalue weighted by Crippen LogP contribution is -2.43. The van der Waals surface area contributed by atoms with E-state index in [0.29, 0.717) is 24.7 Å². The molecule has 108 valence electrons. The molecule has 0 spiro atoms. The van der Waals surface area contributed by atoms with E-state index in [4.69, 9.17) is 9.84 Å². The Hall–Kier alpha value is -0.160. The van der Waals surface area contributed by atoms with Crippen LogP contribution in [0.2, 0.25) is 0 Å². The first-order chi connectivity index (χ1) is 8.51. The number of rotatable bonds is 8. The Morgan fingerprint density at radius 2 is 2.11 bits per heavy atom. The molecule has 0 saturated heterocycles. The van der Waals surface area contributed by atoms with E-state index in [9.17, 15) is 0 Å². The molecule has 0 bridgehead atoms. The standard InChI is InChI=1S/C14H30N2O2/c1-14(2)6-5-12(13(14)15-3)11-16(4)7-9-18-10-8-17/h12-13,15,17H,5-11H2,1-4H3. The maximum absolute atomic E-state index is 8.64. The van der Waals surface area contributed by atoms with Crippen LogP contribution in [0.1, 0.15) is 26.7 Å². The molecule has 0 aromatic rings. The van der Waals surface area contributed by atoms with Crippen molar-refractivity contribution < 1.29 is 9.84 Å². The quantitative estimate of drug-likeness (QED) is 0.636. The zero-order valence-corrected chi connectivity index (χ0v) is 12.4. The topological polar surface area (TPSA) is 44.7 Å². The van der Waals surface area contributed by atoms with Gasteiger partial charge in [0.15, 0.2) is 0 Å². The summed E-state index contributed by atoms with van der Waals surface area (Å²) < 4.78 is 5.30. The van der Waals surface area contributed by atoms with E-state index in [0.717, 1.165) is 19.0 Å². The molecule has 2 atom stereocenters. The maximum Gasteiger partial charge on any atom is 0.0698 e. The molecule has 0 amide bonds. The average molecular weight is 258 g/mol. The molecule has 1 fully saturated rings. The van der Waals surface area contributed by atoms with Gasteiger partial charge in [-0.1, -0.05) is 13.8 Å². The lowest BCUT2D eigenvalue weighted by Gasteiger charge is -2.32. The van der Waals surface area contributed by atoms with Gasteiger partial charge in [0, 0.05) is 19.1 Å². The van der Waals surface area contributed by atoms with Crippen molar-refractivity contribution in [2.75, 3.05) is 47.0 Å². The summed E-state index contributed by atoms with van der Waals surface area (Å²) in [5, 5.41) is 12.1. The van der Waals surface area contributed by atoms with Crippen LogP contribution in [0.3, 0.4) is 0 Å². The molecule has 4 heteroatoms. The van der Waals surface area contributed by atoms with Gasteiger partial charge in [-0.2, -0.15) is 0 Å². The van der Waals surface area contributed by atoms with Crippen LogP contribution in [0.4, 0.5) is 0 Å². The van der Waals surface area contributed by atoms with Crippen LogP contribution in [0.25, 0.3) is 0 Å². The van der Waals surface area contributed by atoms with E-state index in [1.165, 1.54) is 12.8 Å². The van der Waals surface area contributed by atoms with E-state index in [-0.39, 0.29) is 6.61 Å². The number of nitrogens with one attached hydrogen (secondary N) is 1. The molecule has 0 aromatic carbocycles. The lowest BCUT2D eigenvalue weighted by atomic mass is 9.85. The summed E-state index contributed by atoms with van der Waals surface area (Å²) in [4.78, 5) is 2.34. The molecule has 2 unspecified atom stereocenters. The number of ether oxygens (including phenoxy) is 1. The molecule has 18 heavy (non-hydrogen) atoms. The lowest BCUT2D eigenvalue weighted by molar-refractivity contribution is 0.0742. The molecular weight excluding hydrogens is 228 g/mol. The van der Waals surface area contributed by atoms with Crippen molar-refractivity contribution in [3.05, 3.63) is 0 Å². The van der Waals surface area contributed by atoms with Crippen LogP contribution >= 0.6 is 0 Å². The van der Waals surface area contributed by atoms with Gasteiger partial charge in [0.2, 0.25) is 0 Å². The number of hydrogen-bond donors (Lipinski definition) is 2. The minimum Gasteiger partial charge on any atom is -0.394 e. The fraction of sp³-hybridized carbons (Fsp3) is 1.00. The second kappa shape index (κ2) is 7.43. The van der Waals surface area contributed by atoms with Crippen molar-refractivity contribution in [3.8, 4) is 0 Å². The van der Waals surface area contributed by atoms with Gasteiger partial charge in [0.05, 0.1) is 19.8 Å². The first-order valence-electron chi connectivity index (χ1n) is 7.05. The SMILES string of the molecule is CNC1C(CN(C)CCOCCO)CCC1(C)C. The van der Waals surface area contributed by atoms with E-state index in [2.05, 4.69) is 38.2 Å². The summed E-state index contributed by atoms with van der Waals surface area (Å²) >= 11 is 0. The van der Waals surface area contributed by atoms with Crippen LogP contribution in [0.15, 0.2) is 0 Å². The minimum atomic E-state index is 0.113. The molecule has 2 N–H and O–H groups in total. The summed E-state index contributed by atoms with van der Waals surface area (Å²) in [6.45, 7) is 8.05. The smallest absolute Gasteiger partial charge is 0.0698 e. The van der Waals surface area contributed by atoms with Gasteiger partial charge < -0.3 is 20.1 Å². The molecule has 1 rings (SSSR count). The van der Waals surface area contributed by atoms with Gasteiger partial charge in [-0.3, -0.25) is 0 Å². The summed E-state index contributed by atoms with van der Waals surface area (Å²) in [6, 6.07) is 0.610. The predicted octanol–water partition coefficient (Wildman–Crippen LogP) is 0.951. The maximum atomic E-state index is 8.64. The highest BCUT2D eigenvalue weighted by Gasteiger charge is 2.40. The van der Waals surface area contributed by atoms with E-state index in [1.54, 1.807) is 0 Å². The molecule has 0 aromatic heterocycles. The monoisotopic (exact) mass is 258 g/mol. The van der Waals surface area contributed by atoms with Gasteiger partial charge in [-0.15, -0.1) is 0 Å². The van der Waals surface area contributed by atoms with E-state index < -0.39 is 0 Å².